The van der Waals surface area contributed by atoms with E-state index >= 15 is 0 Å². The summed E-state index contributed by atoms with van der Waals surface area (Å²) in [5.74, 6) is -1.91. The monoisotopic (exact) mass is 404 g/mol. The van der Waals surface area contributed by atoms with Crippen molar-refractivity contribution in [3.63, 3.8) is 0 Å². The van der Waals surface area contributed by atoms with Gasteiger partial charge in [-0.15, -0.1) is 12.4 Å². The molecule has 120 valence electrons. The molecule has 1 heterocycles. The van der Waals surface area contributed by atoms with Crippen molar-refractivity contribution in [3.05, 3.63) is 28.2 Å². The summed E-state index contributed by atoms with van der Waals surface area (Å²) in [5.41, 5.74) is 0. The van der Waals surface area contributed by atoms with Gasteiger partial charge in [0.25, 0.3) is 0 Å². The zero-order chi connectivity index (χ0) is 14.9. The molecule has 0 bridgehead atoms. The van der Waals surface area contributed by atoms with Crippen LogP contribution in [-0.2, 0) is 10.0 Å². The number of hydrogen-bond donors (Lipinski definition) is 1. The Morgan fingerprint density at radius 2 is 1.81 bits per heavy atom. The average molecular weight is 406 g/mol. The van der Waals surface area contributed by atoms with E-state index in [1.165, 1.54) is 11.4 Å². The summed E-state index contributed by atoms with van der Waals surface area (Å²) in [6, 6.07) is 1.37. The Morgan fingerprint density at radius 1 is 1.24 bits per heavy atom. The fraction of sp³-hybridized carbons (Fsp3) is 0.500. The van der Waals surface area contributed by atoms with E-state index in [9.17, 15) is 17.2 Å². The molecule has 0 atom stereocenters. The first-order chi connectivity index (χ1) is 9.34. The first-order valence-corrected chi connectivity index (χ1v) is 8.40. The van der Waals surface area contributed by atoms with Gasteiger partial charge in [0.2, 0.25) is 10.0 Å². The predicted molar refractivity (Wildman–Crippen MR) is 82.1 cm³/mol. The highest BCUT2D eigenvalue weighted by Crippen LogP contribution is 2.27. The van der Waals surface area contributed by atoms with Gasteiger partial charge in [-0.3, -0.25) is 0 Å². The Labute approximate surface area is 137 Å². The van der Waals surface area contributed by atoms with Gasteiger partial charge in [-0.25, -0.2) is 17.2 Å². The third kappa shape index (κ3) is 3.92. The summed E-state index contributed by atoms with van der Waals surface area (Å²) in [4.78, 5) is -0.508. The number of benzene rings is 1. The predicted octanol–water partition coefficient (Wildman–Crippen LogP) is 2.52. The van der Waals surface area contributed by atoms with Crippen molar-refractivity contribution in [1.29, 1.82) is 0 Å². The first-order valence-electron chi connectivity index (χ1n) is 6.17. The van der Waals surface area contributed by atoms with Crippen LogP contribution in [0.15, 0.2) is 21.5 Å². The van der Waals surface area contributed by atoms with Crippen LogP contribution in [0.1, 0.15) is 12.8 Å². The summed E-state index contributed by atoms with van der Waals surface area (Å²) < 4.78 is 53.0. The fourth-order valence-electron chi connectivity index (χ4n) is 2.22. The lowest BCUT2D eigenvalue weighted by Crippen LogP contribution is -2.44. The number of sulfonamides is 1. The third-order valence-electron chi connectivity index (χ3n) is 3.45. The minimum Gasteiger partial charge on any atom is -0.317 e. The maximum absolute atomic E-state index is 13.8. The van der Waals surface area contributed by atoms with Gasteiger partial charge in [0.15, 0.2) is 0 Å². The molecular formula is C12H16BrClF2N2O2S. The Morgan fingerprint density at radius 3 is 2.38 bits per heavy atom. The molecule has 1 N–H and O–H groups in total. The SMILES string of the molecule is CN(C1CCNCC1)S(=O)(=O)c1cc(Br)c(F)cc1F.Cl. The zero-order valence-electron chi connectivity index (χ0n) is 11.3. The molecule has 1 aromatic rings. The van der Waals surface area contributed by atoms with Gasteiger partial charge in [-0.2, -0.15) is 4.31 Å². The molecule has 21 heavy (non-hydrogen) atoms. The minimum absolute atomic E-state index is 0. The average Bonchev–Trinajstić information content (AvgIpc) is 2.42. The molecule has 4 nitrogen and oxygen atoms in total. The van der Waals surface area contributed by atoms with E-state index in [1.54, 1.807) is 0 Å². The smallest absolute Gasteiger partial charge is 0.246 e. The second-order valence-corrected chi connectivity index (χ2v) is 7.52. The Hall–Kier alpha value is -0.280. The molecule has 0 unspecified atom stereocenters. The van der Waals surface area contributed by atoms with Crippen molar-refractivity contribution in [2.24, 2.45) is 0 Å². The molecule has 0 amide bonds. The van der Waals surface area contributed by atoms with E-state index in [-0.39, 0.29) is 22.9 Å². The van der Waals surface area contributed by atoms with Crippen LogP contribution in [0.2, 0.25) is 0 Å². The summed E-state index contributed by atoms with van der Waals surface area (Å²) in [6.07, 6.45) is 1.33. The van der Waals surface area contributed by atoms with E-state index in [2.05, 4.69) is 21.2 Å². The number of piperidine rings is 1. The van der Waals surface area contributed by atoms with Crippen LogP contribution in [0, 0.1) is 11.6 Å². The highest BCUT2D eigenvalue weighted by atomic mass is 79.9. The molecular weight excluding hydrogens is 390 g/mol. The van der Waals surface area contributed by atoms with Crippen molar-refractivity contribution in [2.45, 2.75) is 23.8 Å². The third-order valence-corrected chi connectivity index (χ3v) is 5.99. The zero-order valence-corrected chi connectivity index (χ0v) is 14.5. The maximum atomic E-state index is 13.8. The molecule has 1 saturated heterocycles. The number of hydrogen-bond acceptors (Lipinski definition) is 3. The van der Waals surface area contributed by atoms with Gasteiger partial charge in [0.05, 0.1) is 4.47 Å². The van der Waals surface area contributed by atoms with Crippen LogP contribution < -0.4 is 5.32 Å². The Balaban J connectivity index is 0.00000220. The van der Waals surface area contributed by atoms with Crippen LogP contribution in [-0.4, -0.2) is 38.9 Å². The molecule has 0 aromatic heterocycles. The van der Waals surface area contributed by atoms with Gasteiger partial charge in [0, 0.05) is 19.2 Å². The van der Waals surface area contributed by atoms with Crippen molar-refractivity contribution >= 4 is 38.4 Å². The molecule has 0 radical (unpaired) electrons. The van der Waals surface area contributed by atoms with E-state index < -0.39 is 26.6 Å². The molecule has 0 spiro atoms. The number of halogens is 4. The van der Waals surface area contributed by atoms with Gasteiger partial charge in [-0.05, 0) is 47.9 Å². The standard InChI is InChI=1S/C12H15BrF2N2O2S.ClH/c1-17(8-2-4-16-5-3-8)20(18,19)12-6-9(13)10(14)7-11(12)15;/h6-8,16H,2-5H2,1H3;1H. The maximum Gasteiger partial charge on any atom is 0.246 e. The minimum atomic E-state index is -3.97. The van der Waals surface area contributed by atoms with Gasteiger partial charge in [0.1, 0.15) is 16.5 Å². The molecule has 1 aliphatic heterocycles. The van der Waals surface area contributed by atoms with Crippen LogP contribution >= 0.6 is 28.3 Å². The van der Waals surface area contributed by atoms with E-state index in [0.717, 1.165) is 19.2 Å². The topological polar surface area (TPSA) is 49.4 Å². The highest BCUT2D eigenvalue weighted by Gasteiger charge is 2.31. The molecule has 2 rings (SSSR count). The summed E-state index contributed by atoms with van der Waals surface area (Å²) in [5, 5.41) is 3.14. The Bertz CT molecular complexity index is 610. The highest BCUT2D eigenvalue weighted by molar-refractivity contribution is 9.10. The van der Waals surface area contributed by atoms with Crippen LogP contribution in [0.25, 0.3) is 0 Å². The van der Waals surface area contributed by atoms with E-state index in [0.29, 0.717) is 18.9 Å². The number of rotatable bonds is 3. The second kappa shape index (κ2) is 7.32. The van der Waals surface area contributed by atoms with E-state index in [4.69, 9.17) is 0 Å². The normalized spacial score (nSPS) is 16.8. The number of nitrogens with zero attached hydrogens (tertiary/aromatic N) is 1. The number of nitrogens with one attached hydrogen (secondary N) is 1. The Kier molecular flexibility index (Phi) is 6.54. The summed E-state index contributed by atoms with van der Waals surface area (Å²) >= 11 is 2.88. The summed E-state index contributed by atoms with van der Waals surface area (Å²) in [7, 11) is -2.54. The fourth-order valence-corrected chi connectivity index (χ4v) is 4.20. The lowest BCUT2D eigenvalue weighted by atomic mass is 10.1. The van der Waals surface area contributed by atoms with Gasteiger partial charge in [-0.1, -0.05) is 0 Å². The van der Waals surface area contributed by atoms with E-state index in [1.807, 2.05) is 0 Å². The van der Waals surface area contributed by atoms with Crippen LogP contribution in [0.3, 0.4) is 0 Å². The van der Waals surface area contributed by atoms with Crippen LogP contribution in [0.5, 0.6) is 0 Å². The second-order valence-electron chi connectivity index (χ2n) is 4.70. The quantitative estimate of drug-likeness (QED) is 0.786. The molecule has 0 saturated carbocycles. The van der Waals surface area contributed by atoms with Crippen molar-refractivity contribution in [2.75, 3.05) is 20.1 Å². The largest absolute Gasteiger partial charge is 0.317 e. The molecule has 1 fully saturated rings. The van der Waals surface area contributed by atoms with Crippen molar-refractivity contribution in [3.8, 4) is 0 Å². The lowest BCUT2D eigenvalue weighted by molar-refractivity contribution is 0.295. The summed E-state index contributed by atoms with van der Waals surface area (Å²) in [6.45, 7) is 1.44. The van der Waals surface area contributed by atoms with Gasteiger partial charge >= 0.3 is 0 Å². The van der Waals surface area contributed by atoms with Crippen molar-refractivity contribution < 1.29 is 17.2 Å². The lowest BCUT2D eigenvalue weighted by Gasteiger charge is -2.30. The first kappa shape index (κ1) is 18.8. The molecule has 1 aliphatic rings. The van der Waals surface area contributed by atoms with Crippen LogP contribution in [0.4, 0.5) is 8.78 Å². The van der Waals surface area contributed by atoms with Gasteiger partial charge < -0.3 is 5.32 Å². The molecule has 0 aliphatic carbocycles. The molecule has 9 heteroatoms. The molecule has 1 aromatic carbocycles. The van der Waals surface area contributed by atoms with Crippen molar-refractivity contribution in [1.82, 2.24) is 9.62 Å².